The van der Waals surface area contributed by atoms with Gasteiger partial charge in [0.2, 0.25) is 0 Å². The lowest BCUT2D eigenvalue weighted by atomic mass is 10.5. The molecule has 0 aromatic heterocycles. The first-order chi connectivity index (χ1) is 8.97. The zero-order valence-electron chi connectivity index (χ0n) is 12.1. The zero-order valence-corrected chi connectivity index (χ0v) is 16.6. The van der Waals surface area contributed by atoms with E-state index in [2.05, 4.69) is 19.6 Å². The molecule has 2 heterocycles. The van der Waals surface area contributed by atoms with Gasteiger partial charge >= 0.3 is 8.56 Å². The fraction of sp³-hybridized carbons (Fsp3) is 1.00. The molecule has 19 heavy (non-hydrogen) atoms. The maximum atomic E-state index is 6.18. The van der Waals surface area contributed by atoms with E-state index in [0.29, 0.717) is 6.61 Å². The molecule has 0 aliphatic carbocycles. The smallest absolute Gasteiger partial charge is 0.317 e. The molecule has 2 aliphatic heterocycles. The summed E-state index contributed by atoms with van der Waals surface area (Å²) >= 11 is 0. The minimum absolute atomic E-state index is 0.0359. The van der Waals surface area contributed by atoms with Crippen LogP contribution in [0.1, 0.15) is 6.42 Å². The van der Waals surface area contributed by atoms with Crippen LogP contribution in [0.3, 0.4) is 0 Å². The first-order valence-corrected chi connectivity index (χ1v) is 15.7. The highest BCUT2D eigenvalue weighted by Gasteiger charge is 2.39. The van der Waals surface area contributed by atoms with Crippen molar-refractivity contribution in [1.29, 1.82) is 0 Å². The summed E-state index contributed by atoms with van der Waals surface area (Å²) in [6.45, 7) is 9.74. The van der Waals surface area contributed by atoms with Crippen LogP contribution in [0.15, 0.2) is 0 Å². The second-order valence-electron chi connectivity index (χ2n) is 5.08. The van der Waals surface area contributed by atoms with Gasteiger partial charge in [-0.25, -0.2) is 0 Å². The Balaban J connectivity index is 1.79. The Hall–Kier alpha value is 0.628. The van der Waals surface area contributed by atoms with Crippen molar-refractivity contribution in [2.24, 2.45) is 0 Å². The summed E-state index contributed by atoms with van der Waals surface area (Å²) in [7, 11) is -6.89. The third kappa shape index (κ3) is 5.87. The van der Waals surface area contributed by atoms with Crippen LogP contribution in [0, 0.1) is 0 Å². The molecule has 0 spiro atoms. The Morgan fingerprint density at radius 3 is 2.21 bits per heavy atom. The molecule has 3 atom stereocenters. The van der Waals surface area contributed by atoms with Crippen molar-refractivity contribution >= 4 is 36.4 Å². The Bertz CT molecular complexity index is 278. The number of rotatable bonds is 5. The lowest BCUT2D eigenvalue weighted by molar-refractivity contribution is 0.0499. The van der Waals surface area contributed by atoms with Crippen molar-refractivity contribution in [2.45, 2.75) is 44.9 Å². The second kappa shape index (κ2) is 7.06. The van der Waals surface area contributed by atoms with Gasteiger partial charge in [-0.15, -0.1) is 0 Å². The topological polar surface area (TPSA) is 58.7 Å². The van der Waals surface area contributed by atoms with Gasteiger partial charge in [-0.3, -0.25) is 0 Å². The van der Waals surface area contributed by atoms with E-state index < -0.39 is 36.4 Å². The molecule has 2 saturated heterocycles. The highest BCUT2D eigenvalue weighted by molar-refractivity contribution is 6.81. The normalized spacial score (nSPS) is 43.6. The predicted molar refractivity (Wildman–Crippen MR) is 80.1 cm³/mol. The average Bonchev–Trinajstić information content (AvgIpc) is 3.05. The zero-order chi connectivity index (χ0) is 13.9. The molecule has 0 aromatic carbocycles. The average molecular weight is 341 g/mol. The molecule has 112 valence electrons. The molecule has 2 rings (SSSR count). The molecule has 2 aliphatic rings. The molecule has 0 saturated carbocycles. The maximum absolute atomic E-state index is 6.18. The molecule has 10 heteroatoms. The minimum Gasteiger partial charge on any atom is -0.420 e. The van der Waals surface area contributed by atoms with E-state index >= 15 is 0 Å². The van der Waals surface area contributed by atoms with Crippen LogP contribution in [0.25, 0.3) is 0 Å². The van der Waals surface area contributed by atoms with Crippen LogP contribution in [0.5, 0.6) is 0 Å². The fourth-order valence-corrected chi connectivity index (χ4v) is 16.9. The van der Waals surface area contributed by atoms with Gasteiger partial charge in [-0.1, -0.05) is 0 Å². The molecule has 0 N–H and O–H groups in total. The Labute approximate surface area is 121 Å². The molecular weight excluding hydrogens is 316 g/mol. The van der Waals surface area contributed by atoms with Crippen LogP contribution in [-0.4, -0.2) is 55.9 Å². The molecule has 6 nitrogen and oxygen atoms in total. The van der Waals surface area contributed by atoms with Crippen molar-refractivity contribution in [3.63, 3.8) is 0 Å². The van der Waals surface area contributed by atoms with Crippen molar-refractivity contribution in [3.8, 4) is 0 Å². The van der Waals surface area contributed by atoms with Crippen LogP contribution in [0.4, 0.5) is 0 Å². The van der Waals surface area contributed by atoms with Gasteiger partial charge in [0.05, 0.1) is 0 Å². The van der Waals surface area contributed by atoms with Crippen molar-refractivity contribution in [3.05, 3.63) is 0 Å². The summed E-state index contributed by atoms with van der Waals surface area (Å²) in [5, 5.41) is 0. The molecule has 0 amide bonds. The highest BCUT2D eigenvalue weighted by Crippen LogP contribution is 2.22. The predicted octanol–water partition coefficient (Wildman–Crippen LogP) is 0.452. The fourth-order valence-electron chi connectivity index (χ4n) is 2.22. The van der Waals surface area contributed by atoms with Crippen molar-refractivity contribution < 1.29 is 25.9 Å². The summed E-state index contributed by atoms with van der Waals surface area (Å²) in [5.74, 6) is 0. The maximum Gasteiger partial charge on any atom is 0.317 e. The quantitative estimate of drug-likeness (QED) is 0.411. The number of hydrogen-bond acceptors (Lipinski definition) is 6. The van der Waals surface area contributed by atoms with Gasteiger partial charge in [0, 0.05) is 6.61 Å². The third-order valence-electron chi connectivity index (χ3n) is 2.98. The summed E-state index contributed by atoms with van der Waals surface area (Å²) in [5.41, 5.74) is 0. The monoisotopic (exact) mass is 340 g/mol. The van der Waals surface area contributed by atoms with E-state index in [9.17, 15) is 0 Å². The minimum atomic E-state index is -2.15. The molecule has 3 unspecified atom stereocenters. The summed E-state index contributed by atoms with van der Waals surface area (Å²) in [6, 6.07) is 0.928. The molecule has 2 fully saturated rings. The van der Waals surface area contributed by atoms with E-state index in [0.717, 1.165) is 19.1 Å². The first-order valence-electron chi connectivity index (χ1n) is 6.87. The molecule has 0 aromatic rings. The van der Waals surface area contributed by atoms with Crippen LogP contribution in [0.2, 0.25) is 32.2 Å². The summed E-state index contributed by atoms with van der Waals surface area (Å²) < 4.78 is 34.6. The standard InChI is InChI=1S/C9H24O6Si4/c1-16-12-17(2)14-19(4,15-18(3)13-16)7-5-6-10-9-8-11-9/h9,16-18H,5-8H2,1-4H3. The first kappa shape index (κ1) is 16.0. The number of hydrogen-bond donors (Lipinski definition) is 0. The molecular formula is C9H24O6Si4. The van der Waals surface area contributed by atoms with Crippen LogP contribution >= 0.6 is 0 Å². The van der Waals surface area contributed by atoms with E-state index in [1.807, 2.05) is 6.55 Å². The van der Waals surface area contributed by atoms with Gasteiger partial charge in [0.1, 0.15) is 6.61 Å². The van der Waals surface area contributed by atoms with Gasteiger partial charge in [0.15, 0.2) is 6.29 Å². The van der Waals surface area contributed by atoms with Gasteiger partial charge in [0.25, 0.3) is 27.9 Å². The summed E-state index contributed by atoms with van der Waals surface area (Å²) in [4.78, 5) is 0. The van der Waals surface area contributed by atoms with Gasteiger partial charge in [-0.05, 0) is 38.7 Å². The van der Waals surface area contributed by atoms with Crippen molar-refractivity contribution in [1.82, 2.24) is 0 Å². The van der Waals surface area contributed by atoms with E-state index in [4.69, 9.17) is 25.9 Å². The number of epoxide rings is 1. The largest absolute Gasteiger partial charge is 0.420 e. The van der Waals surface area contributed by atoms with E-state index in [-0.39, 0.29) is 6.29 Å². The van der Waals surface area contributed by atoms with E-state index in [1.54, 1.807) is 0 Å². The Kier molecular flexibility index (Phi) is 5.95. The number of ether oxygens (including phenoxy) is 2. The Morgan fingerprint density at radius 2 is 1.68 bits per heavy atom. The third-order valence-corrected chi connectivity index (χ3v) is 17.0. The highest BCUT2D eigenvalue weighted by atomic mass is 28.5. The summed E-state index contributed by atoms with van der Waals surface area (Å²) in [6.07, 6.45) is 0.978. The van der Waals surface area contributed by atoms with Gasteiger partial charge in [-0.2, -0.15) is 0 Å². The molecule has 0 bridgehead atoms. The SMILES string of the molecule is C[SiH]1O[SiH](C)O[Si](C)(CCCOC2CO2)O[SiH](C)O1. The lowest BCUT2D eigenvalue weighted by Crippen LogP contribution is -2.53. The van der Waals surface area contributed by atoms with Crippen LogP contribution < -0.4 is 0 Å². The Morgan fingerprint density at radius 1 is 1.11 bits per heavy atom. The van der Waals surface area contributed by atoms with E-state index in [1.165, 1.54) is 0 Å². The van der Waals surface area contributed by atoms with Gasteiger partial charge < -0.3 is 25.9 Å². The second-order valence-corrected chi connectivity index (χ2v) is 15.3. The van der Waals surface area contributed by atoms with Crippen molar-refractivity contribution in [2.75, 3.05) is 13.2 Å². The molecule has 0 radical (unpaired) electrons. The lowest BCUT2D eigenvalue weighted by Gasteiger charge is -2.37. The van der Waals surface area contributed by atoms with Crippen LogP contribution in [-0.2, 0) is 25.9 Å².